The standard InChI is InChI=1S/C19H22N2O2/c1-20(2)17-10-8-15(9-11-17)18-14-21(12-13-23-18)19(22)16-6-4-3-5-7-16/h3-11,18H,12-14H2,1-2H3. The lowest BCUT2D eigenvalue weighted by Gasteiger charge is -2.33. The first kappa shape index (κ1) is 15.6. The van der Waals surface area contributed by atoms with Gasteiger partial charge in [-0.15, -0.1) is 0 Å². The molecule has 3 rings (SSSR count). The van der Waals surface area contributed by atoms with Crippen molar-refractivity contribution in [2.24, 2.45) is 0 Å². The zero-order valence-electron chi connectivity index (χ0n) is 13.6. The Morgan fingerprint density at radius 1 is 1.09 bits per heavy atom. The van der Waals surface area contributed by atoms with Crippen molar-refractivity contribution in [1.29, 1.82) is 0 Å². The van der Waals surface area contributed by atoms with Crippen LogP contribution in [-0.2, 0) is 4.74 Å². The van der Waals surface area contributed by atoms with Gasteiger partial charge in [0.1, 0.15) is 6.10 Å². The minimum atomic E-state index is -0.0624. The molecule has 120 valence electrons. The van der Waals surface area contributed by atoms with Crippen molar-refractivity contribution >= 4 is 11.6 Å². The van der Waals surface area contributed by atoms with Crippen LogP contribution in [0.15, 0.2) is 54.6 Å². The van der Waals surface area contributed by atoms with Crippen molar-refractivity contribution in [3.05, 3.63) is 65.7 Å². The molecule has 4 nitrogen and oxygen atoms in total. The summed E-state index contributed by atoms with van der Waals surface area (Å²) in [6, 6.07) is 17.7. The van der Waals surface area contributed by atoms with E-state index in [-0.39, 0.29) is 12.0 Å². The third kappa shape index (κ3) is 3.54. The van der Waals surface area contributed by atoms with Gasteiger partial charge in [0.05, 0.1) is 13.2 Å². The van der Waals surface area contributed by atoms with E-state index >= 15 is 0 Å². The maximum atomic E-state index is 12.6. The zero-order valence-corrected chi connectivity index (χ0v) is 13.6. The van der Waals surface area contributed by atoms with E-state index in [1.165, 1.54) is 0 Å². The molecule has 1 aliphatic rings. The Balaban J connectivity index is 1.72. The SMILES string of the molecule is CN(C)c1ccc(C2CN(C(=O)c3ccccc3)CCO2)cc1. The van der Waals surface area contributed by atoms with Gasteiger partial charge in [0.15, 0.2) is 0 Å². The van der Waals surface area contributed by atoms with E-state index in [0.717, 1.165) is 16.8 Å². The smallest absolute Gasteiger partial charge is 0.254 e. The molecule has 1 atom stereocenters. The van der Waals surface area contributed by atoms with Crippen LogP contribution in [0.5, 0.6) is 0 Å². The normalized spacial score (nSPS) is 17.8. The van der Waals surface area contributed by atoms with E-state index in [2.05, 4.69) is 29.2 Å². The van der Waals surface area contributed by atoms with Crippen LogP contribution in [0.1, 0.15) is 22.0 Å². The van der Waals surface area contributed by atoms with Crippen molar-refractivity contribution in [3.8, 4) is 0 Å². The predicted octanol–water partition coefficient (Wildman–Crippen LogP) is 2.97. The lowest BCUT2D eigenvalue weighted by molar-refractivity contribution is -0.0228. The van der Waals surface area contributed by atoms with Crippen LogP contribution in [0, 0.1) is 0 Å². The predicted molar refractivity (Wildman–Crippen MR) is 91.8 cm³/mol. The molecule has 0 bridgehead atoms. The number of anilines is 1. The summed E-state index contributed by atoms with van der Waals surface area (Å²) < 4.78 is 5.87. The number of nitrogens with zero attached hydrogens (tertiary/aromatic N) is 2. The second-order valence-electron chi connectivity index (χ2n) is 5.96. The Morgan fingerprint density at radius 2 is 1.78 bits per heavy atom. The highest BCUT2D eigenvalue weighted by Gasteiger charge is 2.26. The quantitative estimate of drug-likeness (QED) is 0.874. The first-order chi connectivity index (χ1) is 11.1. The maximum absolute atomic E-state index is 12.6. The molecule has 1 unspecified atom stereocenters. The number of rotatable bonds is 3. The summed E-state index contributed by atoms with van der Waals surface area (Å²) >= 11 is 0. The third-order valence-corrected chi connectivity index (χ3v) is 4.16. The van der Waals surface area contributed by atoms with Crippen LogP contribution in [0.4, 0.5) is 5.69 Å². The van der Waals surface area contributed by atoms with Crippen molar-refractivity contribution in [1.82, 2.24) is 4.90 Å². The molecule has 0 aliphatic carbocycles. The van der Waals surface area contributed by atoms with Crippen molar-refractivity contribution in [3.63, 3.8) is 0 Å². The molecule has 0 aromatic heterocycles. The van der Waals surface area contributed by atoms with Gasteiger partial charge in [0, 0.05) is 31.9 Å². The minimum Gasteiger partial charge on any atom is -0.378 e. The van der Waals surface area contributed by atoms with E-state index in [1.54, 1.807) is 0 Å². The Morgan fingerprint density at radius 3 is 2.43 bits per heavy atom. The number of carbonyl (C=O) groups is 1. The highest BCUT2D eigenvalue weighted by Crippen LogP contribution is 2.25. The van der Waals surface area contributed by atoms with E-state index in [9.17, 15) is 4.79 Å². The Hall–Kier alpha value is -2.33. The van der Waals surface area contributed by atoms with Crippen molar-refractivity contribution in [2.75, 3.05) is 38.7 Å². The molecule has 4 heteroatoms. The highest BCUT2D eigenvalue weighted by molar-refractivity contribution is 5.94. The number of hydrogen-bond acceptors (Lipinski definition) is 3. The second-order valence-corrected chi connectivity index (χ2v) is 5.96. The molecule has 23 heavy (non-hydrogen) atoms. The van der Waals surface area contributed by atoms with Gasteiger partial charge in [-0.1, -0.05) is 30.3 Å². The number of ether oxygens (including phenoxy) is 1. The first-order valence-electron chi connectivity index (χ1n) is 7.88. The van der Waals surface area contributed by atoms with Crippen molar-refractivity contribution < 1.29 is 9.53 Å². The summed E-state index contributed by atoms with van der Waals surface area (Å²) in [4.78, 5) is 16.5. The van der Waals surface area contributed by atoms with Crippen LogP contribution in [0.2, 0.25) is 0 Å². The largest absolute Gasteiger partial charge is 0.378 e. The van der Waals surface area contributed by atoms with E-state index in [0.29, 0.717) is 19.7 Å². The third-order valence-electron chi connectivity index (χ3n) is 4.16. The summed E-state index contributed by atoms with van der Waals surface area (Å²) in [6.07, 6.45) is -0.0624. The summed E-state index contributed by atoms with van der Waals surface area (Å²) in [5.74, 6) is 0.0730. The van der Waals surface area contributed by atoms with Gasteiger partial charge >= 0.3 is 0 Å². The molecule has 0 spiro atoms. The van der Waals surface area contributed by atoms with Gasteiger partial charge in [0.2, 0.25) is 0 Å². The molecule has 2 aromatic rings. The van der Waals surface area contributed by atoms with Crippen LogP contribution < -0.4 is 4.90 Å². The maximum Gasteiger partial charge on any atom is 0.254 e. The molecule has 1 saturated heterocycles. The average molecular weight is 310 g/mol. The van der Waals surface area contributed by atoms with Crippen LogP contribution in [0.3, 0.4) is 0 Å². The topological polar surface area (TPSA) is 32.8 Å². The second kappa shape index (κ2) is 6.84. The van der Waals surface area contributed by atoms with E-state index in [4.69, 9.17) is 4.74 Å². The molecule has 2 aromatic carbocycles. The molecule has 1 heterocycles. The van der Waals surface area contributed by atoms with Gasteiger partial charge in [0.25, 0.3) is 5.91 Å². The fourth-order valence-electron chi connectivity index (χ4n) is 2.79. The Kier molecular flexibility index (Phi) is 4.63. The lowest BCUT2D eigenvalue weighted by atomic mass is 10.1. The Bertz CT molecular complexity index is 653. The summed E-state index contributed by atoms with van der Waals surface area (Å²) in [6.45, 7) is 1.80. The summed E-state index contributed by atoms with van der Waals surface area (Å²) in [5, 5.41) is 0. The highest BCUT2D eigenvalue weighted by atomic mass is 16.5. The summed E-state index contributed by atoms with van der Waals surface area (Å²) in [5.41, 5.74) is 3.00. The van der Waals surface area contributed by atoms with E-state index < -0.39 is 0 Å². The fraction of sp³-hybridized carbons (Fsp3) is 0.316. The minimum absolute atomic E-state index is 0.0624. The van der Waals surface area contributed by atoms with Gasteiger partial charge < -0.3 is 14.5 Å². The van der Waals surface area contributed by atoms with Crippen LogP contribution >= 0.6 is 0 Å². The fourth-order valence-corrected chi connectivity index (χ4v) is 2.79. The number of benzene rings is 2. The molecule has 0 saturated carbocycles. The van der Waals surface area contributed by atoms with Crippen LogP contribution in [-0.4, -0.2) is 44.6 Å². The number of carbonyl (C=O) groups excluding carboxylic acids is 1. The van der Waals surface area contributed by atoms with Crippen LogP contribution in [0.25, 0.3) is 0 Å². The average Bonchev–Trinajstić information content (AvgIpc) is 2.62. The van der Waals surface area contributed by atoms with Gasteiger partial charge in [-0.3, -0.25) is 4.79 Å². The monoisotopic (exact) mass is 310 g/mol. The molecular weight excluding hydrogens is 288 g/mol. The number of hydrogen-bond donors (Lipinski definition) is 0. The molecule has 1 fully saturated rings. The van der Waals surface area contributed by atoms with Crippen molar-refractivity contribution in [2.45, 2.75) is 6.10 Å². The molecule has 0 radical (unpaired) electrons. The molecular formula is C19H22N2O2. The first-order valence-corrected chi connectivity index (χ1v) is 7.88. The number of morpholine rings is 1. The van der Waals surface area contributed by atoms with Gasteiger partial charge in [-0.25, -0.2) is 0 Å². The Labute approximate surface area is 137 Å². The summed E-state index contributed by atoms with van der Waals surface area (Å²) in [7, 11) is 4.04. The van der Waals surface area contributed by atoms with E-state index in [1.807, 2.05) is 49.3 Å². The molecule has 1 aliphatic heterocycles. The van der Waals surface area contributed by atoms with Gasteiger partial charge in [-0.2, -0.15) is 0 Å². The zero-order chi connectivity index (χ0) is 16.2. The van der Waals surface area contributed by atoms with Gasteiger partial charge in [-0.05, 0) is 29.8 Å². The molecule has 1 amide bonds. The lowest BCUT2D eigenvalue weighted by Crippen LogP contribution is -2.42. The molecule has 0 N–H and O–H groups in total. The number of amides is 1.